The van der Waals surface area contributed by atoms with E-state index in [9.17, 15) is 4.79 Å². The SMILES string of the molecule is Cc1ccc(C[n+]2c(SCC(=O)c3ccc(Br)cc3)cc(-c3ccccc3)cc2-c2ccccc2)cc1.[Br-]. The minimum Gasteiger partial charge on any atom is -1.00 e. The number of carbonyl (C=O) groups excluding carboxylic acids is 1. The fourth-order valence-corrected chi connectivity index (χ4v) is 5.50. The number of benzene rings is 4. The van der Waals surface area contributed by atoms with Gasteiger partial charge in [0.2, 0.25) is 10.7 Å². The zero-order valence-corrected chi connectivity index (χ0v) is 25.0. The molecule has 2 nitrogen and oxygen atoms in total. The molecule has 0 amide bonds. The molecule has 0 saturated heterocycles. The van der Waals surface area contributed by atoms with E-state index in [-0.39, 0.29) is 22.8 Å². The van der Waals surface area contributed by atoms with Crippen LogP contribution in [-0.2, 0) is 6.54 Å². The van der Waals surface area contributed by atoms with Crippen LogP contribution in [0.5, 0.6) is 0 Å². The first-order valence-corrected chi connectivity index (χ1v) is 14.0. The summed E-state index contributed by atoms with van der Waals surface area (Å²) < 4.78 is 3.31. The normalized spacial score (nSPS) is 10.6. The van der Waals surface area contributed by atoms with Gasteiger partial charge in [-0.3, -0.25) is 4.79 Å². The van der Waals surface area contributed by atoms with Gasteiger partial charge in [0.05, 0.1) is 5.75 Å². The summed E-state index contributed by atoms with van der Waals surface area (Å²) in [7, 11) is 0. The van der Waals surface area contributed by atoms with Crippen molar-refractivity contribution in [2.24, 2.45) is 0 Å². The molecule has 0 aliphatic heterocycles. The lowest BCUT2D eigenvalue weighted by molar-refractivity contribution is -0.714. The molecule has 0 N–H and O–H groups in total. The van der Waals surface area contributed by atoms with Crippen LogP contribution in [0.15, 0.2) is 131 Å². The average Bonchev–Trinajstić information content (AvgIpc) is 2.94. The molecular formula is C33H27Br2NOS. The largest absolute Gasteiger partial charge is 1.00 e. The molecule has 5 aromatic rings. The van der Waals surface area contributed by atoms with Gasteiger partial charge in [-0.05, 0) is 54.1 Å². The van der Waals surface area contributed by atoms with Gasteiger partial charge in [-0.25, -0.2) is 0 Å². The van der Waals surface area contributed by atoms with Crippen molar-refractivity contribution in [1.82, 2.24) is 0 Å². The van der Waals surface area contributed by atoms with Crippen molar-refractivity contribution in [2.45, 2.75) is 18.5 Å². The summed E-state index contributed by atoms with van der Waals surface area (Å²) in [6.45, 7) is 2.82. The highest BCUT2D eigenvalue weighted by Crippen LogP contribution is 2.29. The summed E-state index contributed by atoms with van der Waals surface area (Å²) in [4.78, 5) is 13.1. The van der Waals surface area contributed by atoms with E-state index < -0.39 is 0 Å². The number of pyridine rings is 1. The van der Waals surface area contributed by atoms with Crippen molar-refractivity contribution in [1.29, 1.82) is 0 Å². The zero-order chi connectivity index (χ0) is 25.6. The Balaban J connectivity index is 0.00000336. The molecule has 0 unspecified atom stereocenters. The maximum Gasteiger partial charge on any atom is 0.241 e. The number of ketones is 1. The van der Waals surface area contributed by atoms with Gasteiger partial charge in [-0.1, -0.05) is 106 Å². The van der Waals surface area contributed by atoms with Gasteiger partial charge >= 0.3 is 0 Å². The first-order valence-electron chi connectivity index (χ1n) is 12.2. The highest BCUT2D eigenvalue weighted by Gasteiger charge is 2.23. The lowest BCUT2D eigenvalue weighted by Crippen LogP contribution is -3.00. The number of hydrogen-bond donors (Lipinski definition) is 0. The number of rotatable bonds is 8. The summed E-state index contributed by atoms with van der Waals surface area (Å²) in [5.41, 5.74) is 7.76. The molecule has 0 saturated carbocycles. The van der Waals surface area contributed by atoms with E-state index >= 15 is 0 Å². The second kappa shape index (κ2) is 13.2. The third-order valence-corrected chi connectivity index (χ3v) is 7.85. The van der Waals surface area contributed by atoms with E-state index in [4.69, 9.17) is 0 Å². The minimum atomic E-state index is 0. The van der Waals surface area contributed by atoms with Crippen LogP contribution < -0.4 is 21.5 Å². The predicted octanol–water partition coefficient (Wildman–Crippen LogP) is 5.41. The molecular weight excluding hydrogens is 618 g/mol. The molecule has 0 aliphatic carbocycles. The van der Waals surface area contributed by atoms with Gasteiger partial charge in [0.1, 0.15) is 0 Å². The molecule has 4 aromatic carbocycles. The zero-order valence-electron chi connectivity index (χ0n) is 21.0. The fraction of sp³-hybridized carbons (Fsp3) is 0.0909. The fourth-order valence-electron chi connectivity index (χ4n) is 4.26. The van der Waals surface area contributed by atoms with E-state index in [1.54, 1.807) is 11.8 Å². The summed E-state index contributed by atoms with van der Waals surface area (Å²) >= 11 is 5.05. The first-order chi connectivity index (χ1) is 18.1. The summed E-state index contributed by atoms with van der Waals surface area (Å²) in [5, 5.41) is 1.06. The molecule has 190 valence electrons. The number of nitrogens with zero attached hydrogens (tertiary/aromatic N) is 1. The van der Waals surface area contributed by atoms with E-state index in [2.05, 4.69) is 112 Å². The van der Waals surface area contributed by atoms with Crippen LogP contribution in [-0.4, -0.2) is 11.5 Å². The molecule has 0 aliphatic rings. The number of thioether (sulfide) groups is 1. The number of Topliss-reactive ketones (excluding diaryl/α,β-unsaturated/α-hetero) is 1. The number of halogens is 2. The van der Waals surface area contributed by atoms with Crippen LogP contribution in [0.2, 0.25) is 0 Å². The van der Waals surface area contributed by atoms with Gasteiger partial charge < -0.3 is 17.0 Å². The lowest BCUT2D eigenvalue weighted by atomic mass is 10.0. The molecule has 0 atom stereocenters. The molecule has 1 heterocycles. The van der Waals surface area contributed by atoms with Crippen molar-refractivity contribution in [3.8, 4) is 22.4 Å². The Kier molecular flexibility index (Phi) is 9.73. The Morgan fingerprint density at radius 2 is 1.34 bits per heavy atom. The topological polar surface area (TPSA) is 20.9 Å². The van der Waals surface area contributed by atoms with E-state index in [1.165, 1.54) is 11.1 Å². The molecule has 0 fully saturated rings. The van der Waals surface area contributed by atoms with Crippen molar-refractivity contribution < 1.29 is 26.3 Å². The highest BCUT2D eigenvalue weighted by molar-refractivity contribution is 9.10. The lowest BCUT2D eigenvalue weighted by Gasteiger charge is -2.13. The van der Waals surface area contributed by atoms with E-state index in [0.29, 0.717) is 12.3 Å². The molecule has 0 bridgehead atoms. The number of hydrogen-bond acceptors (Lipinski definition) is 2. The second-order valence-corrected chi connectivity index (χ2v) is 10.9. The molecule has 0 radical (unpaired) electrons. The summed E-state index contributed by atoms with van der Waals surface area (Å²) in [6, 6.07) is 41.7. The minimum absolute atomic E-state index is 0. The quantitative estimate of drug-likeness (QED) is 0.128. The molecule has 5 heteroatoms. The van der Waals surface area contributed by atoms with Gasteiger partial charge in [0, 0.05) is 33.3 Å². The van der Waals surface area contributed by atoms with Crippen LogP contribution in [0.25, 0.3) is 22.4 Å². The Labute approximate surface area is 247 Å². The molecule has 0 spiro atoms. The van der Waals surface area contributed by atoms with Crippen LogP contribution >= 0.6 is 27.7 Å². The van der Waals surface area contributed by atoms with Crippen LogP contribution in [0.4, 0.5) is 0 Å². The van der Waals surface area contributed by atoms with Crippen molar-refractivity contribution in [3.05, 3.63) is 142 Å². The first kappa shape index (κ1) is 28.0. The Morgan fingerprint density at radius 1 is 0.737 bits per heavy atom. The van der Waals surface area contributed by atoms with Gasteiger partial charge in [0.25, 0.3) is 0 Å². The Morgan fingerprint density at radius 3 is 1.97 bits per heavy atom. The Bertz CT molecular complexity index is 1500. The Hall–Kier alpha value is -2.99. The maximum atomic E-state index is 13.1. The number of aromatic nitrogens is 1. The van der Waals surface area contributed by atoms with Crippen LogP contribution in [0.3, 0.4) is 0 Å². The van der Waals surface area contributed by atoms with Gasteiger partial charge in [-0.2, -0.15) is 4.57 Å². The third kappa shape index (κ3) is 6.90. The van der Waals surface area contributed by atoms with Crippen LogP contribution in [0.1, 0.15) is 21.5 Å². The van der Waals surface area contributed by atoms with Gasteiger partial charge in [0.15, 0.2) is 12.3 Å². The smallest absolute Gasteiger partial charge is 0.241 e. The monoisotopic (exact) mass is 643 g/mol. The molecule has 1 aromatic heterocycles. The molecule has 38 heavy (non-hydrogen) atoms. The van der Waals surface area contributed by atoms with E-state index in [0.717, 1.165) is 37.4 Å². The number of aryl methyl sites for hydroxylation is 1. The van der Waals surface area contributed by atoms with Crippen molar-refractivity contribution in [3.63, 3.8) is 0 Å². The maximum absolute atomic E-state index is 13.1. The van der Waals surface area contributed by atoms with Crippen molar-refractivity contribution in [2.75, 3.05) is 5.75 Å². The van der Waals surface area contributed by atoms with Crippen molar-refractivity contribution >= 4 is 33.5 Å². The third-order valence-electron chi connectivity index (χ3n) is 6.28. The predicted molar refractivity (Wildman–Crippen MR) is 157 cm³/mol. The summed E-state index contributed by atoms with van der Waals surface area (Å²) in [5.74, 6) is 0.480. The van der Waals surface area contributed by atoms with E-state index in [1.807, 2.05) is 36.4 Å². The highest BCUT2D eigenvalue weighted by atomic mass is 79.9. The molecule has 5 rings (SSSR count). The number of carbonyl (C=O) groups is 1. The summed E-state index contributed by atoms with van der Waals surface area (Å²) in [6.07, 6.45) is 0. The second-order valence-electron chi connectivity index (χ2n) is 8.99. The average molecular weight is 645 g/mol. The van der Waals surface area contributed by atoms with Crippen LogP contribution in [0, 0.1) is 6.92 Å². The standard InChI is InChI=1S/C33H27BrNOS.BrH/c1-24-12-14-25(15-13-24)22-35-31(27-10-6-3-7-11-27)20-29(26-8-4-2-5-9-26)21-33(35)37-23-32(36)28-16-18-30(34)19-17-28;/h2-21H,22-23H2,1H3;1H/q+1;/p-1. The van der Waals surface area contributed by atoms with Gasteiger partial charge in [-0.15, -0.1) is 0 Å².